The molecule has 0 saturated carbocycles. The van der Waals surface area contributed by atoms with Crippen LogP contribution >= 0.6 is 0 Å². The number of aliphatic carboxylic acids is 2. The zero-order valence-electron chi connectivity index (χ0n) is 40.6. The number of aryl methyl sites for hydroxylation is 4. The lowest BCUT2D eigenvalue weighted by atomic mass is 9.93. The largest absolute Gasteiger partial charge is 0.481 e. The molecule has 0 fully saturated rings. The molecule has 5 aromatic heterocycles. The summed E-state index contributed by atoms with van der Waals surface area (Å²) in [5.41, 5.74) is 8.26. The van der Waals surface area contributed by atoms with E-state index in [0.717, 1.165) is 39.1 Å². The Hall–Kier alpha value is -7.55. The molecule has 0 aliphatic carbocycles. The maximum atomic E-state index is 14.3. The molecule has 1 unspecified atom stereocenters. The van der Waals surface area contributed by atoms with Gasteiger partial charge < -0.3 is 30.0 Å². The number of benzene rings is 1. The zero-order valence-corrected chi connectivity index (χ0v) is 40.6. The highest BCUT2D eigenvalue weighted by Gasteiger charge is 2.30. The highest BCUT2D eigenvalue weighted by molar-refractivity contribution is 5.83. The number of aromatic nitrogens is 5. The smallest absolute Gasteiger partial charge is 0.305 e. The average molecular weight is 936 g/mol. The lowest BCUT2D eigenvalue weighted by Crippen LogP contribution is -2.40. The second kappa shape index (κ2) is 22.0. The van der Waals surface area contributed by atoms with Crippen molar-refractivity contribution in [2.75, 3.05) is 0 Å². The molecule has 0 saturated heterocycles. The number of hydrogen-bond acceptors (Lipinski definition) is 9. The Morgan fingerprint density at radius 3 is 1.72 bits per heavy atom. The molecule has 4 N–H and O–H groups in total. The van der Waals surface area contributed by atoms with E-state index >= 15 is 0 Å². The Morgan fingerprint density at radius 2 is 1.17 bits per heavy atom. The third-order valence-corrected chi connectivity index (χ3v) is 12.3. The molecule has 15 heteroatoms. The van der Waals surface area contributed by atoms with Crippen molar-refractivity contribution in [1.29, 1.82) is 0 Å². The van der Waals surface area contributed by atoms with Gasteiger partial charge in [-0.3, -0.25) is 43.7 Å². The zero-order chi connectivity index (χ0) is 50.3. The summed E-state index contributed by atoms with van der Waals surface area (Å²) in [6, 6.07) is 14.0. The van der Waals surface area contributed by atoms with E-state index in [-0.39, 0.29) is 23.8 Å². The van der Waals surface area contributed by atoms with Gasteiger partial charge in [0.1, 0.15) is 12.1 Å². The number of carboxylic acid groups (broad SMARTS) is 2. The number of carbonyl (C=O) groups is 4. The fraction of sp³-hybridized carbons (Fsp3) is 0.352. The second-order valence-corrected chi connectivity index (χ2v) is 18.7. The van der Waals surface area contributed by atoms with Gasteiger partial charge in [0.2, 0.25) is 11.8 Å². The molecule has 0 radical (unpaired) electrons. The molecule has 2 amide bonds. The summed E-state index contributed by atoms with van der Waals surface area (Å²) in [5.74, 6) is -3.24. The summed E-state index contributed by atoms with van der Waals surface area (Å²) in [6.45, 7) is 17.1. The lowest BCUT2D eigenvalue weighted by molar-refractivity contribution is -0.139. The van der Waals surface area contributed by atoms with Crippen molar-refractivity contribution >= 4 is 23.8 Å². The molecule has 0 spiro atoms. The van der Waals surface area contributed by atoms with Gasteiger partial charge in [0.25, 0.3) is 11.1 Å². The molecule has 5 heterocycles. The first-order valence-corrected chi connectivity index (χ1v) is 23.1. The highest BCUT2D eigenvalue weighted by Crippen LogP contribution is 2.35. The third-order valence-electron chi connectivity index (χ3n) is 12.3. The molecule has 0 aliphatic rings. The van der Waals surface area contributed by atoms with Crippen LogP contribution in [0.25, 0.3) is 33.5 Å². The Bertz CT molecular complexity index is 3010. The van der Waals surface area contributed by atoms with Gasteiger partial charge in [-0.25, -0.2) is 0 Å². The molecule has 0 aliphatic heterocycles. The standard InChI is InChI=1S/C54H61N7O8/c1-30(2)18-45(60-16-14-32(5)20-47(60)62)53(68)58-43(24-49(64)65)38-21-40(28-55-27-38)51-34(7)26-57-52(35(51)8)37-15-17-61(48(63)23-37)46(19-31(3)4)54(69)59-44(25-50(66)67)39-22-42(36(9)56-29-39)41-13-11-10-12-33(41)6/h10-17,20-23,26-31,43-46H,18-19,24-25H2,1-9H3,(H,58,68)(H,59,69)(H,64,65)(H,66,67)/t43-,44-,45+,46?/m0/s1. The van der Waals surface area contributed by atoms with Gasteiger partial charge in [-0.15, -0.1) is 0 Å². The van der Waals surface area contributed by atoms with Gasteiger partial charge in [-0.2, -0.15) is 0 Å². The highest BCUT2D eigenvalue weighted by atomic mass is 16.4. The minimum atomic E-state index is -1.14. The fourth-order valence-corrected chi connectivity index (χ4v) is 8.86. The third kappa shape index (κ3) is 12.3. The second-order valence-electron chi connectivity index (χ2n) is 18.7. The van der Waals surface area contributed by atoms with Crippen LogP contribution in [-0.4, -0.2) is 58.1 Å². The number of nitrogens with zero attached hydrogens (tertiary/aromatic N) is 5. The van der Waals surface area contributed by atoms with Gasteiger partial charge >= 0.3 is 11.9 Å². The summed E-state index contributed by atoms with van der Waals surface area (Å²) >= 11 is 0. The van der Waals surface area contributed by atoms with E-state index in [9.17, 15) is 39.0 Å². The maximum absolute atomic E-state index is 14.3. The van der Waals surface area contributed by atoms with Crippen LogP contribution < -0.4 is 21.8 Å². The first kappa shape index (κ1) is 50.9. The summed E-state index contributed by atoms with van der Waals surface area (Å²) in [4.78, 5) is 93.7. The summed E-state index contributed by atoms with van der Waals surface area (Å²) in [6.07, 6.45) is 9.30. The van der Waals surface area contributed by atoms with E-state index in [0.29, 0.717) is 39.9 Å². The predicted octanol–water partition coefficient (Wildman–Crippen LogP) is 8.58. The van der Waals surface area contributed by atoms with Gasteiger partial charge in [-0.1, -0.05) is 52.0 Å². The van der Waals surface area contributed by atoms with Crippen LogP contribution in [0.15, 0.2) is 107 Å². The van der Waals surface area contributed by atoms with Crippen LogP contribution in [0.3, 0.4) is 0 Å². The number of carbonyl (C=O) groups excluding carboxylic acids is 2. The molecule has 15 nitrogen and oxygen atoms in total. The normalized spacial score (nSPS) is 13.1. The fourth-order valence-electron chi connectivity index (χ4n) is 8.86. The molecular weight excluding hydrogens is 875 g/mol. The number of amides is 2. The van der Waals surface area contributed by atoms with Crippen LogP contribution in [0.5, 0.6) is 0 Å². The minimum Gasteiger partial charge on any atom is -0.481 e. The number of rotatable bonds is 19. The van der Waals surface area contributed by atoms with Crippen LogP contribution in [0.1, 0.15) is 117 Å². The number of carboxylic acids is 2. The molecule has 1 aromatic carbocycles. The molecule has 6 aromatic rings. The minimum absolute atomic E-state index is 0.0189. The first-order chi connectivity index (χ1) is 32.7. The van der Waals surface area contributed by atoms with E-state index in [1.165, 1.54) is 27.5 Å². The van der Waals surface area contributed by atoms with Crippen molar-refractivity contribution in [3.8, 4) is 33.5 Å². The van der Waals surface area contributed by atoms with E-state index in [2.05, 4.69) is 20.6 Å². The molecule has 0 bridgehead atoms. The van der Waals surface area contributed by atoms with Crippen LogP contribution in [0.4, 0.5) is 0 Å². The van der Waals surface area contributed by atoms with Gasteiger partial charge in [0.05, 0.1) is 30.6 Å². The van der Waals surface area contributed by atoms with Crippen molar-refractivity contribution in [2.24, 2.45) is 11.8 Å². The summed E-state index contributed by atoms with van der Waals surface area (Å²) in [7, 11) is 0. The number of nitrogens with one attached hydrogen (secondary N) is 2. The summed E-state index contributed by atoms with van der Waals surface area (Å²) < 4.78 is 2.74. The average Bonchev–Trinajstić information content (AvgIpc) is 3.27. The van der Waals surface area contributed by atoms with Crippen molar-refractivity contribution < 1.29 is 29.4 Å². The summed E-state index contributed by atoms with van der Waals surface area (Å²) in [5, 5.41) is 25.8. The van der Waals surface area contributed by atoms with E-state index < -0.39 is 66.3 Å². The Balaban J connectivity index is 1.31. The van der Waals surface area contributed by atoms with Crippen LogP contribution in [-0.2, 0) is 19.2 Å². The number of pyridine rings is 5. The quantitative estimate of drug-likeness (QED) is 0.0603. The molecule has 4 atom stereocenters. The van der Waals surface area contributed by atoms with E-state index in [1.54, 1.807) is 56.1 Å². The van der Waals surface area contributed by atoms with Crippen LogP contribution in [0.2, 0.25) is 0 Å². The van der Waals surface area contributed by atoms with Crippen LogP contribution in [0, 0.1) is 46.5 Å². The predicted molar refractivity (Wildman–Crippen MR) is 264 cm³/mol. The van der Waals surface area contributed by atoms with Crippen molar-refractivity contribution in [1.82, 2.24) is 34.7 Å². The van der Waals surface area contributed by atoms with E-state index in [1.807, 2.05) is 85.7 Å². The van der Waals surface area contributed by atoms with Gasteiger partial charge in [-0.05, 0) is 128 Å². The van der Waals surface area contributed by atoms with Crippen molar-refractivity contribution in [3.05, 3.63) is 158 Å². The topological polar surface area (TPSA) is 215 Å². The lowest BCUT2D eigenvalue weighted by Gasteiger charge is -2.25. The molecule has 360 valence electrons. The number of hydrogen-bond donors (Lipinski definition) is 4. The maximum Gasteiger partial charge on any atom is 0.305 e. The Kier molecular flexibility index (Phi) is 16.2. The molecule has 6 rings (SSSR count). The Morgan fingerprint density at radius 1 is 0.609 bits per heavy atom. The monoisotopic (exact) mass is 935 g/mol. The van der Waals surface area contributed by atoms with Gasteiger partial charge in [0, 0.05) is 71.7 Å². The van der Waals surface area contributed by atoms with Crippen molar-refractivity contribution in [3.63, 3.8) is 0 Å². The Labute approximate surface area is 401 Å². The SMILES string of the molecule is Cc1ccn([C@H](CC(C)C)C(=O)N[C@@H](CC(=O)O)c2cncc(-c3c(C)cnc(-c4ccn(C(CC(C)C)C(=O)N[C@@H](CC(=O)O)c5cnc(C)c(-c6ccccc6C)c5)c(=O)c4)c3C)c2)c(=O)c1. The van der Waals surface area contributed by atoms with Crippen molar-refractivity contribution in [2.45, 2.75) is 112 Å². The molecular formula is C54H61N7O8. The first-order valence-electron chi connectivity index (χ1n) is 23.1. The van der Waals surface area contributed by atoms with E-state index in [4.69, 9.17) is 4.98 Å². The van der Waals surface area contributed by atoms with Gasteiger partial charge in [0.15, 0.2) is 0 Å². The molecule has 69 heavy (non-hydrogen) atoms.